The van der Waals surface area contributed by atoms with Gasteiger partial charge in [-0.25, -0.2) is 8.78 Å². The van der Waals surface area contributed by atoms with Crippen molar-refractivity contribution >= 4 is 17.5 Å². The maximum Gasteiger partial charge on any atom is 0.237 e. The lowest BCUT2D eigenvalue weighted by Gasteiger charge is -2.18. The molecule has 1 heterocycles. The molecule has 2 unspecified atom stereocenters. The van der Waals surface area contributed by atoms with E-state index in [1.54, 1.807) is 20.2 Å². The molecule has 0 radical (unpaired) electrons. The number of methoxy groups -OCH3 is 1. The van der Waals surface area contributed by atoms with Crippen LogP contribution in [-0.4, -0.2) is 37.4 Å². The molecule has 0 saturated carbocycles. The highest BCUT2D eigenvalue weighted by Gasteiger charge is 2.44. The van der Waals surface area contributed by atoms with E-state index in [0.717, 1.165) is 17.2 Å². The summed E-state index contributed by atoms with van der Waals surface area (Å²) in [4.78, 5) is 26.8. The van der Waals surface area contributed by atoms with Crippen molar-refractivity contribution in [3.63, 3.8) is 0 Å². The molecule has 0 aliphatic carbocycles. The number of rotatable bonds is 4. The molecule has 1 N–H and O–H groups in total. The molecular formula is C20H20F2N2O3. The van der Waals surface area contributed by atoms with Crippen LogP contribution in [0.5, 0.6) is 5.75 Å². The summed E-state index contributed by atoms with van der Waals surface area (Å²) >= 11 is 0. The van der Waals surface area contributed by atoms with Gasteiger partial charge >= 0.3 is 0 Å². The fourth-order valence-corrected chi connectivity index (χ4v) is 3.44. The Hall–Kier alpha value is -2.96. The summed E-state index contributed by atoms with van der Waals surface area (Å²) in [6.45, 7) is 2.23. The average molecular weight is 374 g/mol. The van der Waals surface area contributed by atoms with Gasteiger partial charge in [0.2, 0.25) is 11.8 Å². The van der Waals surface area contributed by atoms with Gasteiger partial charge in [-0.1, -0.05) is 18.2 Å². The first-order valence-electron chi connectivity index (χ1n) is 8.48. The van der Waals surface area contributed by atoms with Gasteiger partial charge in [0.15, 0.2) is 11.6 Å². The Morgan fingerprint density at radius 1 is 1.26 bits per heavy atom. The minimum atomic E-state index is -1.15. The molecule has 1 aliphatic rings. The molecule has 0 spiro atoms. The van der Waals surface area contributed by atoms with Crippen molar-refractivity contribution in [2.24, 2.45) is 5.92 Å². The number of anilines is 1. The summed E-state index contributed by atoms with van der Waals surface area (Å²) in [6.07, 6.45) is 0. The molecule has 2 atom stereocenters. The summed E-state index contributed by atoms with van der Waals surface area (Å²) in [5, 5.41) is 2.35. The van der Waals surface area contributed by atoms with Crippen LogP contribution in [0.4, 0.5) is 14.5 Å². The highest BCUT2D eigenvalue weighted by molar-refractivity contribution is 6.08. The molecule has 0 aromatic heterocycles. The Balaban J connectivity index is 1.91. The molecule has 1 saturated heterocycles. The van der Waals surface area contributed by atoms with Crippen LogP contribution in [0.25, 0.3) is 0 Å². The van der Waals surface area contributed by atoms with Crippen molar-refractivity contribution in [1.29, 1.82) is 0 Å². The van der Waals surface area contributed by atoms with Gasteiger partial charge in [0.1, 0.15) is 11.7 Å². The molecular weight excluding hydrogens is 354 g/mol. The fourth-order valence-electron chi connectivity index (χ4n) is 3.44. The van der Waals surface area contributed by atoms with Gasteiger partial charge < -0.3 is 15.0 Å². The van der Waals surface area contributed by atoms with E-state index >= 15 is 0 Å². The highest BCUT2D eigenvalue weighted by Crippen LogP contribution is 2.36. The van der Waals surface area contributed by atoms with Gasteiger partial charge in [-0.2, -0.15) is 0 Å². The molecule has 1 fully saturated rings. The van der Waals surface area contributed by atoms with Gasteiger partial charge in [0.05, 0.1) is 12.8 Å². The number of benzene rings is 2. The number of nitrogens with zero attached hydrogens (tertiary/aromatic N) is 1. The first kappa shape index (κ1) is 18.8. The van der Waals surface area contributed by atoms with Gasteiger partial charge in [-0.3, -0.25) is 9.59 Å². The monoisotopic (exact) mass is 374 g/mol. The standard InChI is InChI=1S/C20H20F2N2O3/c1-11-9-12(7-8-16(11)27-3)13-10-24(2)20(26)17(13)19(25)23-15-6-4-5-14(21)18(15)22/h4-9,13,17H,10H2,1-3H3,(H,23,25). The largest absolute Gasteiger partial charge is 0.496 e. The van der Waals surface area contributed by atoms with E-state index in [1.165, 1.54) is 17.0 Å². The molecule has 5 nitrogen and oxygen atoms in total. The number of ether oxygens (including phenoxy) is 1. The van der Waals surface area contributed by atoms with Crippen molar-refractivity contribution in [2.75, 3.05) is 26.0 Å². The molecule has 7 heteroatoms. The Labute approximate surface area is 155 Å². The first-order chi connectivity index (χ1) is 12.8. The normalized spacial score (nSPS) is 19.3. The minimum Gasteiger partial charge on any atom is -0.496 e. The van der Waals surface area contributed by atoms with Crippen molar-refractivity contribution < 1.29 is 23.1 Å². The summed E-state index contributed by atoms with van der Waals surface area (Å²) in [7, 11) is 3.18. The number of hydrogen-bond donors (Lipinski definition) is 1. The quantitative estimate of drug-likeness (QED) is 0.837. The van der Waals surface area contributed by atoms with E-state index in [9.17, 15) is 18.4 Å². The van der Waals surface area contributed by atoms with Crippen LogP contribution in [0, 0.1) is 24.5 Å². The van der Waals surface area contributed by atoms with Crippen molar-refractivity contribution in [3.05, 3.63) is 59.2 Å². The number of amides is 2. The van der Waals surface area contributed by atoms with E-state index in [1.807, 2.05) is 19.1 Å². The third-order valence-electron chi connectivity index (χ3n) is 4.85. The number of carbonyl (C=O) groups excluding carboxylic acids is 2. The lowest BCUT2D eigenvalue weighted by atomic mass is 9.87. The molecule has 2 aromatic carbocycles. The lowest BCUT2D eigenvalue weighted by Crippen LogP contribution is -2.33. The molecule has 2 amide bonds. The Morgan fingerprint density at radius 3 is 2.67 bits per heavy atom. The van der Waals surface area contributed by atoms with Gasteiger partial charge in [-0.05, 0) is 36.2 Å². The first-order valence-corrected chi connectivity index (χ1v) is 8.48. The topological polar surface area (TPSA) is 58.6 Å². The van der Waals surface area contributed by atoms with Crippen LogP contribution in [-0.2, 0) is 9.59 Å². The van der Waals surface area contributed by atoms with Crippen LogP contribution in [0.2, 0.25) is 0 Å². The summed E-state index contributed by atoms with van der Waals surface area (Å²) in [6, 6.07) is 8.98. The van der Waals surface area contributed by atoms with Crippen LogP contribution in [0.3, 0.4) is 0 Å². The van der Waals surface area contributed by atoms with Gasteiger partial charge in [0, 0.05) is 19.5 Å². The SMILES string of the molecule is COc1ccc(C2CN(C)C(=O)C2C(=O)Nc2cccc(F)c2F)cc1C. The van der Waals surface area contributed by atoms with Crippen molar-refractivity contribution in [3.8, 4) is 5.75 Å². The third kappa shape index (κ3) is 3.49. The van der Waals surface area contributed by atoms with E-state index in [4.69, 9.17) is 4.74 Å². The van der Waals surface area contributed by atoms with E-state index < -0.39 is 29.4 Å². The van der Waals surface area contributed by atoms with Crippen LogP contribution < -0.4 is 10.1 Å². The second kappa shape index (κ2) is 7.34. The highest BCUT2D eigenvalue weighted by atomic mass is 19.2. The number of halogens is 2. The summed E-state index contributed by atoms with van der Waals surface area (Å²) in [5.74, 6) is -3.95. The zero-order chi connectivity index (χ0) is 19.7. The lowest BCUT2D eigenvalue weighted by molar-refractivity contribution is -0.135. The van der Waals surface area contributed by atoms with E-state index in [2.05, 4.69) is 5.32 Å². The van der Waals surface area contributed by atoms with E-state index in [0.29, 0.717) is 12.3 Å². The maximum atomic E-state index is 13.9. The maximum absolute atomic E-state index is 13.9. The van der Waals surface area contributed by atoms with Crippen molar-refractivity contribution in [2.45, 2.75) is 12.8 Å². The predicted octanol–water partition coefficient (Wildman–Crippen LogP) is 3.09. The number of hydrogen-bond acceptors (Lipinski definition) is 3. The smallest absolute Gasteiger partial charge is 0.237 e. The molecule has 0 bridgehead atoms. The molecule has 1 aliphatic heterocycles. The third-order valence-corrected chi connectivity index (χ3v) is 4.85. The Kier molecular flexibility index (Phi) is 5.12. The predicted molar refractivity (Wildman–Crippen MR) is 96.6 cm³/mol. The van der Waals surface area contributed by atoms with Crippen LogP contribution in [0.15, 0.2) is 36.4 Å². The van der Waals surface area contributed by atoms with Crippen LogP contribution in [0.1, 0.15) is 17.0 Å². The number of nitrogens with one attached hydrogen (secondary N) is 1. The molecule has 142 valence electrons. The minimum absolute atomic E-state index is 0.285. The fraction of sp³-hybridized carbons (Fsp3) is 0.300. The molecule has 2 aromatic rings. The Morgan fingerprint density at radius 2 is 2.00 bits per heavy atom. The number of carbonyl (C=O) groups is 2. The van der Waals surface area contributed by atoms with Gasteiger partial charge in [-0.15, -0.1) is 0 Å². The zero-order valence-electron chi connectivity index (χ0n) is 15.3. The van der Waals surface area contributed by atoms with Crippen LogP contribution >= 0.6 is 0 Å². The summed E-state index contributed by atoms with van der Waals surface area (Å²) in [5.41, 5.74) is 1.41. The number of likely N-dealkylation sites (tertiary alicyclic amines) is 1. The second-order valence-electron chi connectivity index (χ2n) is 6.62. The number of aryl methyl sites for hydroxylation is 1. The van der Waals surface area contributed by atoms with Gasteiger partial charge in [0.25, 0.3) is 0 Å². The second-order valence-corrected chi connectivity index (χ2v) is 6.62. The molecule has 27 heavy (non-hydrogen) atoms. The van der Waals surface area contributed by atoms with E-state index in [-0.39, 0.29) is 11.6 Å². The molecule has 3 rings (SSSR count). The zero-order valence-corrected chi connectivity index (χ0v) is 15.3. The number of likely N-dealkylation sites (N-methyl/N-ethyl adjacent to an activating group) is 1. The average Bonchev–Trinajstić information content (AvgIpc) is 2.94. The van der Waals surface area contributed by atoms with Crippen molar-refractivity contribution in [1.82, 2.24) is 4.90 Å². The Bertz CT molecular complexity index is 901. The summed E-state index contributed by atoms with van der Waals surface area (Å²) < 4.78 is 32.5.